The minimum absolute atomic E-state index is 0.116. The Hall–Kier alpha value is -3.19. The molecule has 0 N–H and O–H groups in total. The second-order valence-electron chi connectivity index (χ2n) is 7.48. The molecule has 4 rings (SSSR count). The molecule has 1 aromatic heterocycles. The molecule has 0 spiro atoms. The van der Waals surface area contributed by atoms with E-state index < -0.39 is 12.0 Å². The van der Waals surface area contributed by atoms with E-state index in [1.807, 2.05) is 61.5 Å². The van der Waals surface area contributed by atoms with Gasteiger partial charge in [0.05, 0.1) is 12.8 Å². The number of aryl methyl sites for hydroxylation is 1. The van der Waals surface area contributed by atoms with Gasteiger partial charge in [-0.3, -0.25) is 14.2 Å². The molecule has 3 aromatic rings. The minimum atomic E-state index is -0.701. The van der Waals surface area contributed by atoms with E-state index in [0.717, 1.165) is 27.3 Å². The molecule has 31 heavy (non-hydrogen) atoms. The second kappa shape index (κ2) is 8.89. The minimum Gasteiger partial charge on any atom is -0.467 e. The fourth-order valence-corrected chi connectivity index (χ4v) is 5.05. The zero-order chi connectivity index (χ0) is 22.0. The molecule has 160 valence electrons. The Labute approximate surface area is 184 Å². The van der Waals surface area contributed by atoms with E-state index in [4.69, 9.17) is 4.74 Å². The van der Waals surface area contributed by atoms with Gasteiger partial charge < -0.3 is 9.64 Å². The Balaban J connectivity index is 1.70. The molecule has 0 saturated heterocycles. The largest absolute Gasteiger partial charge is 0.467 e. The summed E-state index contributed by atoms with van der Waals surface area (Å²) in [5, 5.41) is 0. The van der Waals surface area contributed by atoms with Gasteiger partial charge in [-0.05, 0) is 23.1 Å². The van der Waals surface area contributed by atoms with E-state index in [1.54, 1.807) is 4.90 Å². The third kappa shape index (κ3) is 4.05. The number of thiazole rings is 1. The number of esters is 1. The fraction of sp³-hybridized carbons (Fsp3) is 0.292. The Kier molecular flexibility index (Phi) is 6.04. The summed E-state index contributed by atoms with van der Waals surface area (Å²) in [6.45, 7) is 2.20. The van der Waals surface area contributed by atoms with Crippen molar-refractivity contribution in [3.05, 3.63) is 80.3 Å². The molecule has 0 aliphatic carbocycles. The molecule has 0 saturated carbocycles. The first-order valence-corrected chi connectivity index (χ1v) is 11.1. The van der Waals surface area contributed by atoms with Crippen molar-refractivity contribution in [2.24, 2.45) is 0 Å². The van der Waals surface area contributed by atoms with E-state index in [2.05, 4.69) is 0 Å². The zero-order valence-electron chi connectivity index (χ0n) is 17.5. The first kappa shape index (κ1) is 21.1. The Morgan fingerprint density at radius 3 is 2.42 bits per heavy atom. The normalized spacial score (nSPS) is 15.4. The molecule has 1 aliphatic heterocycles. The zero-order valence-corrected chi connectivity index (χ0v) is 18.4. The molecular formula is C24H24N2O4S. The number of aromatic nitrogens is 1. The monoisotopic (exact) mass is 436 g/mol. The van der Waals surface area contributed by atoms with Crippen LogP contribution in [0.5, 0.6) is 0 Å². The van der Waals surface area contributed by atoms with Crippen LogP contribution >= 0.6 is 11.3 Å². The van der Waals surface area contributed by atoms with Crippen LogP contribution < -0.4 is 4.87 Å². The Morgan fingerprint density at radius 2 is 1.74 bits per heavy atom. The number of carbonyl (C=O) groups excluding carboxylic acids is 2. The smallest absolute Gasteiger partial charge is 0.328 e. The summed E-state index contributed by atoms with van der Waals surface area (Å²) in [6.07, 6.45) is 1.10. The number of fused-ring (bicyclic) bond motifs is 1. The summed E-state index contributed by atoms with van der Waals surface area (Å²) in [6, 6.07) is 16.7. The van der Waals surface area contributed by atoms with Gasteiger partial charge >= 0.3 is 10.8 Å². The van der Waals surface area contributed by atoms with Crippen molar-refractivity contribution in [3.63, 3.8) is 0 Å². The lowest BCUT2D eigenvalue weighted by Gasteiger charge is -2.35. The van der Waals surface area contributed by atoms with Crippen LogP contribution in [0.3, 0.4) is 0 Å². The first-order valence-electron chi connectivity index (χ1n) is 10.3. The third-order valence-electron chi connectivity index (χ3n) is 5.67. The van der Waals surface area contributed by atoms with Gasteiger partial charge in [-0.1, -0.05) is 72.9 Å². The molecule has 0 fully saturated rings. The molecule has 1 aliphatic rings. The number of nitrogens with zero attached hydrogens (tertiary/aromatic N) is 2. The number of benzene rings is 2. The number of rotatable bonds is 5. The molecule has 2 heterocycles. The van der Waals surface area contributed by atoms with Gasteiger partial charge in [0.25, 0.3) is 0 Å². The van der Waals surface area contributed by atoms with Crippen LogP contribution in [0, 0.1) is 0 Å². The van der Waals surface area contributed by atoms with Gasteiger partial charge in [0.15, 0.2) is 0 Å². The average Bonchev–Trinajstić information content (AvgIpc) is 3.13. The molecule has 1 atom stereocenters. The quantitative estimate of drug-likeness (QED) is 0.576. The highest BCUT2D eigenvalue weighted by molar-refractivity contribution is 7.09. The highest BCUT2D eigenvalue weighted by Gasteiger charge is 2.35. The van der Waals surface area contributed by atoms with Gasteiger partial charge in [-0.15, -0.1) is 0 Å². The van der Waals surface area contributed by atoms with Gasteiger partial charge in [0, 0.05) is 17.8 Å². The predicted molar refractivity (Wildman–Crippen MR) is 120 cm³/mol. The van der Waals surface area contributed by atoms with Crippen molar-refractivity contribution in [1.82, 2.24) is 9.47 Å². The highest BCUT2D eigenvalue weighted by atomic mass is 32.1. The molecule has 0 radical (unpaired) electrons. The summed E-state index contributed by atoms with van der Waals surface area (Å²) in [5.41, 5.74) is 3.72. The maximum absolute atomic E-state index is 13.4. The predicted octanol–water partition coefficient (Wildman–Crippen LogP) is 3.27. The lowest BCUT2D eigenvalue weighted by molar-refractivity contribution is -0.154. The molecule has 1 amide bonds. The molecule has 7 heteroatoms. The maximum atomic E-state index is 13.4. The van der Waals surface area contributed by atoms with Gasteiger partial charge in [-0.2, -0.15) is 0 Å². The standard InChI is InChI=1S/C24H24N2O4S/c1-3-20-22(16-9-5-4-6-10-16)26(24(29)31-20)15-21(27)25-14-18-12-8-7-11-17(18)13-19(25)23(28)30-2/h4-12,19H,3,13-15H2,1-2H3. The molecule has 6 nitrogen and oxygen atoms in total. The van der Waals surface area contributed by atoms with E-state index in [1.165, 1.54) is 23.0 Å². The van der Waals surface area contributed by atoms with Crippen molar-refractivity contribution in [2.75, 3.05) is 7.11 Å². The summed E-state index contributed by atoms with van der Waals surface area (Å²) in [7, 11) is 1.33. The van der Waals surface area contributed by atoms with Crippen LogP contribution in [0.1, 0.15) is 22.9 Å². The molecule has 1 unspecified atom stereocenters. The summed E-state index contributed by atoms with van der Waals surface area (Å²) >= 11 is 1.17. The van der Waals surface area contributed by atoms with Crippen molar-refractivity contribution < 1.29 is 14.3 Å². The number of carbonyl (C=O) groups is 2. The number of amides is 1. The molecule has 2 aromatic carbocycles. The first-order chi connectivity index (χ1) is 15.0. The van der Waals surface area contributed by atoms with E-state index in [9.17, 15) is 14.4 Å². The highest BCUT2D eigenvalue weighted by Crippen LogP contribution is 2.28. The van der Waals surface area contributed by atoms with Crippen LogP contribution in [-0.2, 0) is 40.3 Å². The number of methoxy groups -OCH3 is 1. The van der Waals surface area contributed by atoms with Crippen LogP contribution in [-0.4, -0.2) is 34.5 Å². The topological polar surface area (TPSA) is 68.6 Å². The molecule has 0 bridgehead atoms. The van der Waals surface area contributed by atoms with E-state index >= 15 is 0 Å². The van der Waals surface area contributed by atoms with Crippen molar-refractivity contribution in [1.29, 1.82) is 0 Å². The average molecular weight is 437 g/mol. The van der Waals surface area contributed by atoms with Gasteiger partial charge in [0.2, 0.25) is 5.91 Å². The van der Waals surface area contributed by atoms with Gasteiger partial charge in [-0.25, -0.2) is 4.79 Å². The Bertz CT molecular complexity index is 1170. The summed E-state index contributed by atoms with van der Waals surface area (Å²) in [5.74, 6) is -0.720. The van der Waals surface area contributed by atoms with Crippen molar-refractivity contribution in [3.8, 4) is 11.3 Å². The maximum Gasteiger partial charge on any atom is 0.328 e. The summed E-state index contributed by atoms with van der Waals surface area (Å²) in [4.78, 5) is 41.0. The molecular weight excluding hydrogens is 412 g/mol. The SMILES string of the molecule is CCc1sc(=O)n(CC(=O)N2Cc3ccccc3CC2C(=O)OC)c1-c1ccccc1. The lowest BCUT2D eigenvalue weighted by Crippen LogP contribution is -2.50. The number of ether oxygens (including phenoxy) is 1. The van der Waals surface area contributed by atoms with Crippen LogP contribution in [0.2, 0.25) is 0 Å². The lowest BCUT2D eigenvalue weighted by atomic mass is 9.94. The second-order valence-corrected chi connectivity index (χ2v) is 8.53. The summed E-state index contributed by atoms with van der Waals surface area (Å²) < 4.78 is 6.51. The van der Waals surface area contributed by atoms with Gasteiger partial charge in [0.1, 0.15) is 12.6 Å². The van der Waals surface area contributed by atoms with Crippen molar-refractivity contribution >= 4 is 23.2 Å². The van der Waals surface area contributed by atoms with Crippen molar-refractivity contribution in [2.45, 2.75) is 38.9 Å². The van der Waals surface area contributed by atoms with Crippen LogP contribution in [0.15, 0.2) is 59.4 Å². The third-order valence-corrected chi connectivity index (χ3v) is 6.79. The van der Waals surface area contributed by atoms with E-state index in [0.29, 0.717) is 19.4 Å². The van der Waals surface area contributed by atoms with Crippen LogP contribution in [0.25, 0.3) is 11.3 Å². The van der Waals surface area contributed by atoms with Crippen LogP contribution in [0.4, 0.5) is 0 Å². The number of hydrogen-bond donors (Lipinski definition) is 0. The van der Waals surface area contributed by atoms with E-state index in [-0.39, 0.29) is 17.3 Å². The fourth-order valence-electron chi connectivity index (χ4n) is 4.10. The number of hydrogen-bond acceptors (Lipinski definition) is 5. The Morgan fingerprint density at radius 1 is 1.06 bits per heavy atom.